The third-order valence-corrected chi connectivity index (χ3v) is 10.7. The summed E-state index contributed by atoms with van der Waals surface area (Å²) in [6, 6.07) is 43.1. The van der Waals surface area contributed by atoms with E-state index >= 15 is 0 Å². The van der Waals surface area contributed by atoms with Crippen LogP contribution in [0.3, 0.4) is 0 Å². The van der Waals surface area contributed by atoms with Crippen LogP contribution in [0, 0.1) is 23.9 Å². The number of pyridine rings is 2. The summed E-state index contributed by atoms with van der Waals surface area (Å²) in [5, 5.41) is 5.76. The molecular weight excluding hydrogens is 824 g/mol. The first-order valence-electron chi connectivity index (χ1n) is 17.9. The molecule has 0 aliphatic heterocycles. The van der Waals surface area contributed by atoms with Gasteiger partial charge in [-0.25, -0.2) is 4.39 Å². The number of nitrogens with zero attached hydrogens (tertiary/aromatic N) is 2. The average Bonchev–Trinajstić information content (AvgIpc) is 3.52. The second-order valence-electron chi connectivity index (χ2n) is 13.8. The van der Waals surface area contributed by atoms with Crippen molar-refractivity contribution in [3.63, 3.8) is 0 Å². The van der Waals surface area contributed by atoms with Gasteiger partial charge >= 0.3 is 0 Å². The van der Waals surface area contributed by atoms with Crippen molar-refractivity contribution in [1.29, 1.82) is 0 Å². The van der Waals surface area contributed by atoms with E-state index in [0.29, 0.717) is 16.8 Å². The summed E-state index contributed by atoms with van der Waals surface area (Å²) >= 11 is 0. The molecule has 257 valence electrons. The molecule has 3 heterocycles. The summed E-state index contributed by atoms with van der Waals surface area (Å²) in [7, 11) is -1.28. The van der Waals surface area contributed by atoms with E-state index in [-0.39, 0.29) is 31.8 Å². The van der Waals surface area contributed by atoms with E-state index in [4.69, 9.17) is 7.16 Å². The molecule has 51 heavy (non-hydrogen) atoms. The second-order valence-corrected chi connectivity index (χ2v) is 18.9. The third kappa shape index (κ3) is 8.10. The monoisotopic (exact) mass is 865 g/mol. The molecule has 8 aromatic rings. The van der Waals surface area contributed by atoms with Crippen LogP contribution in [0.2, 0.25) is 19.6 Å². The molecule has 0 aliphatic carbocycles. The minimum atomic E-state index is -1.45. The Morgan fingerprint density at radius 2 is 1.53 bits per heavy atom. The largest absolute Gasteiger partial charge is 0.476 e. The molecule has 0 N–H and O–H groups in total. The first-order chi connectivity index (χ1) is 24.9. The van der Waals surface area contributed by atoms with Gasteiger partial charge in [0.15, 0.2) is 0 Å². The van der Waals surface area contributed by atoms with Crippen molar-refractivity contribution in [1.82, 2.24) is 9.97 Å². The van der Waals surface area contributed by atoms with Gasteiger partial charge in [0.1, 0.15) is 11.4 Å². The molecule has 0 fully saturated rings. The van der Waals surface area contributed by atoms with Gasteiger partial charge in [0.25, 0.3) is 0 Å². The van der Waals surface area contributed by atoms with Crippen molar-refractivity contribution in [2.75, 3.05) is 0 Å². The van der Waals surface area contributed by atoms with Crippen molar-refractivity contribution >= 4 is 46.0 Å². The van der Waals surface area contributed by atoms with Crippen LogP contribution in [0.25, 0.3) is 66.4 Å². The predicted octanol–water partition coefficient (Wildman–Crippen LogP) is 11.7. The Morgan fingerprint density at radius 1 is 0.765 bits per heavy atom. The molecule has 1 radical (unpaired) electrons. The SMILES string of the molecule is C[Si](C)(C)c1ccc(-c2[c-]ccc3ccccc23)nc1.[2H]C([2H])(c1ccnc(-c2[c-]cc3c(c2)oc2cc(-c4ccc(F)cc4)ccc23)c1)C(C)C.[Ir]. The number of hydrogen-bond acceptors (Lipinski definition) is 3. The number of furan rings is 1. The Kier molecular flexibility index (Phi) is 9.98. The topological polar surface area (TPSA) is 38.9 Å². The smallest absolute Gasteiger partial charge is 0.124 e. The maximum Gasteiger partial charge on any atom is 0.124 e. The van der Waals surface area contributed by atoms with Crippen molar-refractivity contribution in [2.24, 2.45) is 5.92 Å². The van der Waals surface area contributed by atoms with Crippen LogP contribution in [-0.4, -0.2) is 18.0 Å². The summed E-state index contributed by atoms with van der Waals surface area (Å²) in [6.07, 6.45) is 2.23. The molecule has 3 aromatic heterocycles. The summed E-state index contributed by atoms with van der Waals surface area (Å²) < 4.78 is 36.1. The van der Waals surface area contributed by atoms with Crippen LogP contribution in [0.5, 0.6) is 0 Å². The molecular formula is C45H39FIrN2OSi-2. The molecule has 0 bridgehead atoms. The fraction of sp³-hybridized carbons (Fsp3) is 0.156. The number of halogens is 1. The van der Waals surface area contributed by atoms with Gasteiger partial charge in [0, 0.05) is 35.2 Å². The molecule has 6 heteroatoms. The number of hydrogen-bond donors (Lipinski definition) is 0. The Balaban J connectivity index is 0.000000197. The Labute approximate surface area is 316 Å². The Morgan fingerprint density at radius 3 is 2.27 bits per heavy atom. The molecule has 0 saturated carbocycles. The number of aromatic nitrogens is 2. The zero-order valence-electron chi connectivity index (χ0n) is 31.2. The molecule has 3 nitrogen and oxygen atoms in total. The Bertz CT molecular complexity index is 2520. The van der Waals surface area contributed by atoms with Gasteiger partial charge in [0.05, 0.1) is 13.7 Å². The first kappa shape index (κ1) is 33.4. The van der Waals surface area contributed by atoms with E-state index in [0.717, 1.165) is 44.3 Å². The number of rotatable bonds is 6. The standard InChI is InChI=1S/C27H21FNO.C18H18NSi.Ir/c1-17(2)13-18-11-12-29-25(14-18)21-6-10-24-23-9-5-20(15-26(23)30-27(24)16-21)19-3-7-22(28)8-4-19;1-20(2,3)15-11-12-18(19-13-15)17-10-6-8-14-7-4-5-9-16(14)17;/h3-5,7-12,14-17H,13H2,1-2H3;4-9,11-13H,1-3H3;/q2*-1;/i13D2;;. The molecule has 5 aromatic carbocycles. The Hall–Kier alpha value is -4.74. The zero-order chi connectivity index (χ0) is 36.6. The maximum absolute atomic E-state index is 13.3. The van der Waals surface area contributed by atoms with Crippen molar-refractivity contribution < 1.29 is 31.7 Å². The predicted molar refractivity (Wildman–Crippen MR) is 209 cm³/mol. The fourth-order valence-corrected chi connectivity index (χ4v) is 7.08. The van der Waals surface area contributed by atoms with Gasteiger partial charge in [-0.15, -0.1) is 46.8 Å². The molecule has 0 atom stereocenters. The number of benzene rings is 5. The van der Waals surface area contributed by atoms with Crippen LogP contribution >= 0.6 is 0 Å². The van der Waals surface area contributed by atoms with Crippen LogP contribution in [0.1, 0.15) is 22.2 Å². The summed E-state index contributed by atoms with van der Waals surface area (Å²) in [6.45, 7) is 10.8. The van der Waals surface area contributed by atoms with Crippen molar-refractivity contribution in [3.05, 3.63) is 151 Å². The van der Waals surface area contributed by atoms with E-state index in [1.807, 2.05) is 56.4 Å². The maximum atomic E-state index is 13.3. The molecule has 0 unspecified atom stereocenters. The van der Waals surface area contributed by atoms with Gasteiger partial charge in [-0.3, -0.25) is 0 Å². The molecule has 0 aliphatic rings. The molecule has 8 rings (SSSR count). The average molecular weight is 865 g/mol. The third-order valence-electron chi connectivity index (χ3n) is 8.68. The van der Waals surface area contributed by atoms with Gasteiger partial charge < -0.3 is 14.4 Å². The van der Waals surface area contributed by atoms with Gasteiger partial charge in [0.2, 0.25) is 0 Å². The van der Waals surface area contributed by atoms with Crippen LogP contribution in [-0.2, 0) is 26.5 Å². The molecule has 0 saturated heterocycles. The van der Waals surface area contributed by atoms with Crippen LogP contribution in [0.15, 0.2) is 132 Å². The number of fused-ring (bicyclic) bond motifs is 4. The van der Waals surface area contributed by atoms with Crippen LogP contribution in [0.4, 0.5) is 4.39 Å². The van der Waals surface area contributed by atoms with Gasteiger partial charge in [-0.2, -0.15) is 0 Å². The van der Waals surface area contributed by atoms with Crippen LogP contribution < -0.4 is 5.19 Å². The van der Waals surface area contributed by atoms with E-state index in [2.05, 4.69) is 84.2 Å². The quantitative estimate of drug-likeness (QED) is 0.123. The molecule has 0 spiro atoms. The van der Waals surface area contributed by atoms with E-state index in [1.165, 1.54) is 28.1 Å². The zero-order valence-corrected chi connectivity index (χ0v) is 32.6. The van der Waals surface area contributed by atoms with Gasteiger partial charge in [-0.05, 0) is 69.6 Å². The van der Waals surface area contributed by atoms with Gasteiger partial charge in [-0.1, -0.05) is 123 Å². The molecule has 0 amide bonds. The van der Waals surface area contributed by atoms with E-state index < -0.39 is 14.4 Å². The summed E-state index contributed by atoms with van der Waals surface area (Å²) in [5.41, 5.74) is 7.41. The second kappa shape index (κ2) is 15.2. The van der Waals surface area contributed by atoms with E-state index in [1.54, 1.807) is 30.5 Å². The first-order valence-corrected chi connectivity index (χ1v) is 20.4. The summed E-state index contributed by atoms with van der Waals surface area (Å²) in [5.74, 6) is -0.421. The minimum absolute atomic E-state index is 0. The minimum Gasteiger partial charge on any atom is -0.476 e. The van der Waals surface area contributed by atoms with Crippen molar-refractivity contribution in [2.45, 2.75) is 39.9 Å². The van der Waals surface area contributed by atoms with Crippen molar-refractivity contribution in [3.8, 4) is 33.6 Å². The van der Waals surface area contributed by atoms with E-state index in [9.17, 15) is 4.39 Å². The normalized spacial score (nSPS) is 12.3. The summed E-state index contributed by atoms with van der Waals surface area (Å²) in [4.78, 5) is 9.10. The fourth-order valence-electron chi connectivity index (χ4n) is 6.04.